The van der Waals surface area contributed by atoms with E-state index in [-0.39, 0.29) is 0 Å². The largest absolute Gasteiger partial charge is 0.384 e. The summed E-state index contributed by atoms with van der Waals surface area (Å²) >= 11 is 5.80. The van der Waals surface area contributed by atoms with Crippen molar-refractivity contribution >= 4 is 29.6 Å². The molecule has 2 N–H and O–H groups in total. The Morgan fingerprint density at radius 2 is 1.69 bits per heavy atom. The van der Waals surface area contributed by atoms with Crippen LogP contribution in [0.4, 0.5) is 5.82 Å². The molecule has 0 radical (unpaired) electrons. The molecule has 3 heteroatoms. The first-order valence-electron chi connectivity index (χ1n) is 4.89. The summed E-state index contributed by atoms with van der Waals surface area (Å²) in [5.41, 5.74) is 7.71. The molecule has 0 atom stereocenters. The van der Waals surface area contributed by atoms with Gasteiger partial charge in [-0.25, -0.2) is 4.98 Å². The second kappa shape index (κ2) is 4.81. The fourth-order valence-electron chi connectivity index (χ4n) is 1.34. The van der Waals surface area contributed by atoms with Gasteiger partial charge in [-0.05, 0) is 35.4 Å². The van der Waals surface area contributed by atoms with Crippen molar-refractivity contribution in [3.8, 4) is 0 Å². The van der Waals surface area contributed by atoms with Crippen molar-refractivity contribution in [2.45, 2.75) is 0 Å². The Labute approximate surface area is 99.4 Å². The van der Waals surface area contributed by atoms with E-state index >= 15 is 0 Å². The maximum Gasteiger partial charge on any atom is 0.123 e. The molecule has 0 aliphatic carbocycles. The summed E-state index contributed by atoms with van der Waals surface area (Å²) in [6.45, 7) is 0. The van der Waals surface area contributed by atoms with Crippen LogP contribution in [0.25, 0.3) is 12.2 Å². The lowest BCUT2D eigenvalue weighted by Gasteiger charge is -1.96. The molecule has 0 aliphatic heterocycles. The molecule has 0 bridgehead atoms. The molecule has 16 heavy (non-hydrogen) atoms. The van der Waals surface area contributed by atoms with Gasteiger partial charge < -0.3 is 5.73 Å². The SMILES string of the molecule is Nc1cc(/C=C/c2ccc(Cl)cc2)ccn1. The van der Waals surface area contributed by atoms with E-state index in [1.807, 2.05) is 48.6 Å². The zero-order valence-corrected chi connectivity index (χ0v) is 9.35. The van der Waals surface area contributed by atoms with E-state index in [1.165, 1.54) is 0 Å². The van der Waals surface area contributed by atoms with Gasteiger partial charge in [0.15, 0.2) is 0 Å². The van der Waals surface area contributed by atoms with Crippen molar-refractivity contribution in [3.63, 3.8) is 0 Å². The van der Waals surface area contributed by atoms with Gasteiger partial charge in [-0.3, -0.25) is 0 Å². The number of nitrogen functional groups attached to an aromatic ring is 1. The third kappa shape index (κ3) is 2.84. The molecule has 0 aliphatic rings. The molecule has 0 spiro atoms. The molecule has 2 rings (SSSR count). The van der Waals surface area contributed by atoms with Crippen LogP contribution in [0.3, 0.4) is 0 Å². The third-order valence-electron chi connectivity index (χ3n) is 2.14. The maximum atomic E-state index is 5.80. The monoisotopic (exact) mass is 230 g/mol. The van der Waals surface area contributed by atoms with E-state index in [4.69, 9.17) is 17.3 Å². The summed E-state index contributed by atoms with van der Waals surface area (Å²) in [5.74, 6) is 0.526. The van der Waals surface area contributed by atoms with Crippen molar-refractivity contribution in [2.24, 2.45) is 0 Å². The lowest BCUT2D eigenvalue weighted by molar-refractivity contribution is 1.33. The predicted octanol–water partition coefficient (Wildman–Crippen LogP) is 3.49. The number of anilines is 1. The van der Waals surface area contributed by atoms with Gasteiger partial charge in [-0.2, -0.15) is 0 Å². The van der Waals surface area contributed by atoms with Crippen LogP contribution in [0.5, 0.6) is 0 Å². The predicted molar refractivity (Wildman–Crippen MR) is 69.0 cm³/mol. The first-order valence-corrected chi connectivity index (χ1v) is 5.27. The molecule has 0 unspecified atom stereocenters. The number of nitrogens with two attached hydrogens (primary N) is 1. The van der Waals surface area contributed by atoms with Gasteiger partial charge in [0.25, 0.3) is 0 Å². The average Bonchev–Trinajstić information content (AvgIpc) is 2.28. The number of halogens is 1. The fraction of sp³-hybridized carbons (Fsp3) is 0. The highest BCUT2D eigenvalue weighted by Gasteiger charge is 1.90. The van der Waals surface area contributed by atoms with E-state index in [0.717, 1.165) is 16.1 Å². The summed E-state index contributed by atoms with van der Waals surface area (Å²) in [4.78, 5) is 3.93. The van der Waals surface area contributed by atoms with E-state index in [2.05, 4.69) is 4.98 Å². The summed E-state index contributed by atoms with van der Waals surface area (Å²) in [5, 5.41) is 0.741. The summed E-state index contributed by atoms with van der Waals surface area (Å²) in [7, 11) is 0. The highest BCUT2D eigenvalue weighted by Crippen LogP contribution is 2.13. The van der Waals surface area contributed by atoms with Crippen LogP contribution >= 0.6 is 11.6 Å². The lowest BCUT2D eigenvalue weighted by Crippen LogP contribution is -1.88. The van der Waals surface area contributed by atoms with Gasteiger partial charge in [0, 0.05) is 11.2 Å². The Balaban J connectivity index is 2.18. The highest BCUT2D eigenvalue weighted by atomic mass is 35.5. The number of benzene rings is 1. The van der Waals surface area contributed by atoms with Crippen LogP contribution in [-0.2, 0) is 0 Å². The Hall–Kier alpha value is -1.80. The van der Waals surface area contributed by atoms with Crippen molar-refractivity contribution in [1.82, 2.24) is 4.98 Å². The minimum absolute atomic E-state index is 0.526. The second-order valence-corrected chi connectivity index (χ2v) is 3.84. The molecule has 1 aromatic heterocycles. The molecular formula is C13H11ClN2. The zero-order chi connectivity index (χ0) is 11.4. The molecule has 0 fully saturated rings. The quantitative estimate of drug-likeness (QED) is 0.858. The Morgan fingerprint density at radius 1 is 1.00 bits per heavy atom. The second-order valence-electron chi connectivity index (χ2n) is 3.40. The number of aromatic nitrogens is 1. The number of rotatable bonds is 2. The Morgan fingerprint density at radius 3 is 2.38 bits per heavy atom. The highest BCUT2D eigenvalue weighted by molar-refractivity contribution is 6.30. The molecule has 0 amide bonds. The molecular weight excluding hydrogens is 220 g/mol. The number of pyridine rings is 1. The van der Waals surface area contributed by atoms with E-state index in [1.54, 1.807) is 6.20 Å². The van der Waals surface area contributed by atoms with Crippen LogP contribution in [-0.4, -0.2) is 4.98 Å². The average molecular weight is 231 g/mol. The van der Waals surface area contributed by atoms with Gasteiger partial charge >= 0.3 is 0 Å². The van der Waals surface area contributed by atoms with E-state index in [0.29, 0.717) is 5.82 Å². The van der Waals surface area contributed by atoms with Crippen molar-refractivity contribution < 1.29 is 0 Å². The van der Waals surface area contributed by atoms with Crippen LogP contribution in [0.15, 0.2) is 42.6 Å². The first kappa shape index (κ1) is 10.7. The van der Waals surface area contributed by atoms with Crippen molar-refractivity contribution in [3.05, 3.63) is 58.7 Å². The standard InChI is InChI=1S/C13H11ClN2/c14-12-5-3-10(4-6-12)1-2-11-7-8-16-13(15)9-11/h1-9H,(H2,15,16)/b2-1+. The molecule has 1 heterocycles. The summed E-state index contributed by atoms with van der Waals surface area (Å²) in [6.07, 6.45) is 5.68. The van der Waals surface area contributed by atoms with E-state index < -0.39 is 0 Å². The van der Waals surface area contributed by atoms with Gasteiger partial charge in [-0.1, -0.05) is 35.9 Å². The van der Waals surface area contributed by atoms with Crippen LogP contribution in [0.2, 0.25) is 5.02 Å². The number of hydrogen-bond donors (Lipinski definition) is 1. The number of nitrogens with zero attached hydrogens (tertiary/aromatic N) is 1. The molecule has 0 saturated heterocycles. The minimum Gasteiger partial charge on any atom is -0.384 e. The number of hydrogen-bond acceptors (Lipinski definition) is 2. The first-order chi connectivity index (χ1) is 7.74. The topological polar surface area (TPSA) is 38.9 Å². The van der Waals surface area contributed by atoms with Gasteiger partial charge in [0.05, 0.1) is 0 Å². The molecule has 2 nitrogen and oxygen atoms in total. The summed E-state index contributed by atoms with van der Waals surface area (Å²) < 4.78 is 0. The van der Waals surface area contributed by atoms with E-state index in [9.17, 15) is 0 Å². The molecule has 1 aromatic carbocycles. The van der Waals surface area contributed by atoms with Gasteiger partial charge in [-0.15, -0.1) is 0 Å². The van der Waals surface area contributed by atoms with Crippen LogP contribution in [0, 0.1) is 0 Å². The smallest absolute Gasteiger partial charge is 0.123 e. The van der Waals surface area contributed by atoms with Crippen molar-refractivity contribution in [2.75, 3.05) is 5.73 Å². The van der Waals surface area contributed by atoms with Crippen LogP contribution in [0.1, 0.15) is 11.1 Å². The van der Waals surface area contributed by atoms with Gasteiger partial charge in [0.2, 0.25) is 0 Å². The molecule has 2 aromatic rings. The third-order valence-corrected chi connectivity index (χ3v) is 2.40. The Kier molecular flexibility index (Phi) is 3.22. The lowest BCUT2D eigenvalue weighted by atomic mass is 10.1. The van der Waals surface area contributed by atoms with Gasteiger partial charge in [0.1, 0.15) is 5.82 Å². The Bertz CT molecular complexity index is 504. The molecule has 80 valence electrons. The minimum atomic E-state index is 0.526. The fourth-order valence-corrected chi connectivity index (χ4v) is 1.46. The normalized spacial score (nSPS) is 10.8. The van der Waals surface area contributed by atoms with Crippen LogP contribution < -0.4 is 5.73 Å². The molecule has 0 saturated carbocycles. The zero-order valence-electron chi connectivity index (χ0n) is 8.60. The van der Waals surface area contributed by atoms with Crippen molar-refractivity contribution in [1.29, 1.82) is 0 Å². The maximum absolute atomic E-state index is 5.80. The summed E-state index contributed by atoms with van der Waals surface area (Å²) in [6, 6.07) is 11.4.